The third-order valence-corrected chi connectivity index (χ3v) is 10.3. The first kappa shape index (κ1) is 32.9. The first-order chi connectivity index (χ1) is 22.2. The highest BCUT2D eigenvalue weighted by molar-refractivity contribution is 7.89. The van der Waals surface area contributed by atoms with E-state index in [1.165, 1.54) is 4.31 Å². The molecule has 1 fully saturated rings. The molecule has 1 N–H and O–H groups in total. The van der Waals surface area contributed by atoms with Gasteiger partial charge in [0.25, 0.3) is 0 Å². The highest BCUT2D eigenvalue weighted by Gasteiger charge is 2.32. The molecule has 1 saturated heterocycles. The summed E-state index contributed by atoms with van der Waals surface area (Å²) in [7, 11) is -1.91. The fourth-order valence-electron chi connectivity index (χ4n) is 5.65. The summed E-state index contributed by atoms with van der Waals surface area (Å²) in [6, 6.07) is 30.7. The van der Waals surface area contributed by atoms with Crippen LogP contribution in [0.3, 0.4) is 0 Å². The fourth-order valence-corrected chi connectivity index (χ4v) is 7.17. The summed E-state index contributed by atoms with van der Waals surface area (Å²) in [5.41, 5.74) is 4.52. The lowest BCUT2D eigenvalue weighted by Crippen LogP contribution is -2.43. The maximum atomic E-state index is 14.1. The first-order valence-corrected chi connectivity index (χ1v) is 17.1. The van der Waals surface area contributed by atoms with Crippen LogP contribution < -0.4 is 10.1 Å². The predicted molar refractivity (Wildman–Crippen MR) is 179 cm³/mol. The zero-order valence-electron chi connectivity index (χ0n) is 26.4. The van der Waals surface area contributed by atoms with Gasteiger partial charge < -0.3 is 15.0 Å². The zero-order valence-corrected chi connectivity index (χ0v) is 27.2. The summed E-state index contributed by atoms with van der Waals surface area (Å²) >= 11 is 0. The van der Waals surface area contributed by atoms with Crippen LogP contribution in [0, 0.1) is 6.92 Å². The summed E-state index contributed by atoms with van der Waals surface area (Å²) in [6.07, 6.45) is 2.29. The van der Waals surface area contributed by atoms with Crippen molar-refractivity contribution in [1.82, 2.24) is 14.5 Å². The second-order valence-electron chi connectivity index (χ2n) is 11.6. The van der Waals surface area contributed by atoms with Gasteiger partial charge in [0.2, 0.25) is 21.8 Å². The fraction of sp³-hybridized carbons (Fsp3) is 0.297. The van der Waals surface area contributed by atoms with Crippen molar-refractivity contribution in [3.8, 4) is 5.75 Å². The summed E-state index contributed by atoms with van der Waals surface area (Å²) in [5.74, 6) is 0.237. The van der Waals surface area contributed by atoms with Crippen molar-refractivity contribution >= 4 is 21.8 Å². The minimum absolute atomic E-state index is 0.142. The van der Waals surface area contributed by atoms with E-state index in [0.29, 0.717) is 37.4 Å². The number of sulfonamides is 1. The van der Waals surface area contributed by atoms with Gasteiger partial charge in [-0.15, -0.1) is 0 Å². The number of hydrogen-bond donors (Lipinski definition) is 1. The Kier molecular flexibility index (Phi) is 10.9. The van der Waals surface area contributed by atoms with Crippen molar-refractivity contribution in [3.05, 3.63) is 131 Å². The molecule has 2 amide bonds. The number of methoxy groups -OCH3 is 1. The molecule has 0 radical (unpaired) electrons. The summed E-state index contributed by atoms with van der Waals surface area (Å²) < 4.78 is 32.8. The van der Waals surface area contributed by atoms with E-state index in [9.17, 15) is 18.0 Å². The van der Waals surface area contributed by atoms with Crippen LogP contribution in [0.15, 0.2) is 108 Å². The number of amides is 2. The summed E-state index contributed by atoms with van der Waals surface area (Å²) in [6.45, 7) is 3.65. The number of ether oxygens (including phenoxy) is 1. The summed E-state index contributed by atoms with van der Waals surface area (Å²) in [4.78, 5) is 29.9. The Morgan fingerprint density at radius 2 is 1.43 bits per heavy atom. The van der Waals surface area contributed by atoms with Crippen LogP contribution >= 0.6 is 0 Å². The molecule has 0 bridgehead atoms. The maximum absolute atomic E-state index is 14.1. The second kappa shape index (κ2) is 15.2. The molecule has 0 unspecified atom stereocenters. The highest BCUT2D eigenvalue weighted by atomic mass is 32.2. The van der Waals surface area contributed by atoms with E-state index in [-0.39, 0.29) is 29.7 Å². The van der Waals surface area contributed by atoms with Gasteiger partial charge in [-0.05, 0) is 72.7 Å². The van der Waals surface area contributed by atoms with E-state index in [1.807, 2.05) is 85.8 Å². The molecule has 240 valence electrons. The average molecular weight is 640 g/mol. The Labute approximate surface area is 272 Å². The lowest BCUT2D eigenvalue weighted by Gasteiger charge is -2.32. The Balaban J connectivity index is 1.38. The Morgan fingerprint density at radius 3 is 2.07 bits per heavy atom. The Bertz CT molecular complexity index is 1700. The molecule has 0 saturated carbocycles. The van der Waals surface area contributed by atoms with Crippen LogP contribution in [0.5, 0.6) is 5.75 Å². The lowest BCUT2D eigenvalue weighted by molar-refractivity contribution is -0.141. The van der Waals surface area contributed by atoms with Crippen molar-refractivity contribution in [1.29, 1.82) is 0 Å². The van der Waals surface area contributed by atoms with Crippen molar-refractivity contribution in [2.24, 2.45) is 0 Å². The van der Waals surface area contributed by atoms with Gasteiger partial charge in [-0.25, -0.2) is 8.42 Å². The normalized spacial score (nSPS) is 14.0. The minimum Gasteiger partial charge on any atom is -0.497 e. The molecule has 0 aliphatic carbocycles. The van der Waals surface area contributed by atoms with Gasteiger partial charge in [0.15, 0.2) is 0 Å². The predicted octanol–water partition coefficient (Wildman–Crippen LogP) is 5.81. The molecule has 1 aliphatic rings. The molecule has 9 heteroatoms. The van der Waals surface area contributed by atoms with Gasteiger partial charge in [0.05, 0.1) is 12.0 Å². The third-order valence-electron chi connectivity index (χ3n) is 8.35. The standard InChI is InChI=1S/C37H41N3O5S/c1-28-10-12-30(13-11-28)26-38-37(42)36(32-8-4-3-5-9-32)40(27-31-14-19-33(45-2)20-15-31)35(41)23-18-29-16-21-34(22-17-29)46(43,44)39-24-6-7-25-39/h3-5,8-17,19-22,36H,6-7,18,23-27H2,1-2H3,(H,38,42)/t36-/m1/s1. The van der Waals surface area contributed by atoms with Crippen molar-refractivity contribution < 1.29 is 22.7 Å². The molecule has 0 aromatic heterocycles. The van der Waals surface area contributed by atoms with Gasteiger partial charge >= 0.3 is 0 Å². The number of rotatable bonds is 13. The van der Waals surface area contributed by atoms with Crippen LogP contribution in [-0.4, -0.2) is 49.6 Å². The average Bonchev–Trinajstić information content (AvgIpc) is 3.64. The van der Waals surface area contributed by atoms with Crippen LogP contribution in [0.25, 0.3) is 0 Å². The zero-order chi connectivity index (χ0) is 32.5. The van der Waals surface area contributed by atoms with Gasteiger partial charge in [-0.1, -0.05) is 84.4 Å². The quantitative estimate of drug-likeness (QED) is 0.199. The van der Waals surface area contributed by atoms with E-state index in [4.69, 9.17) is 4.74 Å². The van der Waals surface area contributed by atoms with Gasteiger partial charge in [0, 0.05) is 32.6 Å². The number of nitrogens with one attached hydrogen (secondary N) is 1. The number of benzene rings is 4. The van der Waals surface area contributed by atoms with Gasteiger partial charge in [0.1, 0.15) is 11.8 Å². The van der Waals surface area contributed by atoms with Crippen LogP contribution in [0.4, 0.5) is 0 Å². The monoisotopic (exact) mass is 639 g/mol. The van der Waals surface area contributed by atoms with Crippen LogP contribution in [0.2, 0.25) is 0 Å². The molecule has 5 rings (SSSR count). The number of carbonyl (C=O) groups excluding carboxylic acids is 2. The molecule has 4 aromatic carbocycles. The maximum Gasteiger partial charge on any atom is 0.247 e. The van der Waals surface area contributed by atoms with Crippen molar-refractivity contribution in [3.63, 3.8) is 0 Å². The van der Waals surface area contributed by atoms with Gasteiger partial charge in [-0.2, -0.15) is 4.31 Å². The SMILES string of the molecule is COc1ccc(CN(C(=O)CCc2ccc(S(=O)(=O)N3CCCC3)cc2)[C@@H](C(=O)NCc2ccc(C)cc2)c2ccccc2)cc1. The molecule has 4 aromatic rings. The number of nitrogens with zero attached hydrogens (tertiary/aromatic N) is 2. The van der Waals surface area contributed by atoms with Crippen molar-refractivity contribution in [2.75, 3.05) is 20.2 Å². The summed E-state index contributed by atoms with van der Waals surface area (Å²) in [5, 5.41) is 3.06. The van der Waals surface area contributed by atoms with E-state index < -0.39 is 16.1 Å². The topological polar surface area (TPSA) is 96.0 Å². The third kappa shape index (κ3) is 8.21. The minimum atomic E-state index is -3.51. The van der Waals surface area contributed by atoms with Crippen LogP contribution in [0.1, 0.15) is 53.1 Å². The molecular weight excluding hydrogens is 598 g/mol. The molecular formula is C37H41N3O5S. The second-order valence-corrected chi connectivity index (χ2v) is 13.6. The molecule has 1 atom stereocenters. The molecule has 0 spiro atoms. The Morgan fingerprint density at radius 1 is 0.826 bits per heavy atom. The molecule has 1 aliphatic heterocycles. The van der Waals surface area contributed by atoms with Gasteiger partial charge in [-0.3, -0.25) is 9.59 Å². The smallest absolute Gasteiger partial charge is 0.247 e. The van der Waals surface area contributed by atoms with Crippen molar-refractivity contribution in [2.45, 2.75) is 56.6 Å². The molecule has 1 heterocycles. The highest BCUT2D eigenvalue weighted by Crippen LogP contribution is 2.27. The first-order valence-electron chi connectivity index (χ1n) is 15.6. The van der Waals surface area contributed by atoms with Crippen LogP contribution in [-0.2, 0) is 39.1 Å². The van der Waals surface area contributed by atoms with E-state index in [1.54, 1.807) is 36.3 Å². The number of hydrogen-bond acceptors (Lipinski definition) is 5. The number of carbonyl (C=O) groups is 2. The largest absolute Gasteiger partial charge is 0.497 e. The molecule has 46 heavy (non-hydrogen) atoms. The van der Waals surface area contributed by atoms with E-state index in [0.717, 1.165) is 35.1 Å². The Hall–Kier alpha value is -4.47. The van der Waals surface area contributed by atoms with E-state index >= 15 is 0 Å². The number of aryl methyl sites for hydroxylation is 2. The van der Waals surface area contributed by atoms with E-state index in [2.05, 4.69) is 5.32 Å². The lowest BCUT2D eigenvalue weighted by atomic mass is 10.0. The molecule has 8 nitrogen and oxygen atoms in total.